The van der Waals surface area contributed by atoms with Crippen LogP contribution in [0.4, 0.5) is 0 Å². The minimum absolute atomic E-state index is 0.504. The molecule has 0 bridgehead atoms. The Morgan fingerprint density at radius 1 is 1.38 bits per heavy atom. The summed E-state index contributed by atoms with van der Waals surface area (Å²) in [5.41, 5.74) is 0. The second-order valence-electron chi connectivity index (χ2n) is 3.60. The number of hydrogen-bond acceptors (Lipinski definition) is 2. The third kappa shape index (κ3) is 2.48. The van der Waals surface area contributed by atoms with Crippen molar-refractivity contribution in [3.63, 3.8) is 0 Å². The Balaban J connectivity index is 1.89. The molecule has 0 radical (unpaired) electrons. The van der Waals surface area contributed by atoms with E-state index >= 15 is 0 Å². The summed E-state index contributed by atoms with van der Waals surface area (Å²) in [6.45, 7) is 2.28. The van der Waals surface area contributed by atoms with Crippen LogP contribution in [0, 0.1) is 5.92 Å². The zero-order valence-electron chi connectivity index (χ0n) is 7.55. The molecule has 1 aromatic heterocycles. The number of furan rings is 1. The predicted molar refractivity (Wildman–Crippen MR) is 53.0 cm³/mol. The normalized spacial score (nSPS) is 19.2. The summed E-state index contributed by atoms with van der Waals surface area (Å²) in [5.74, 6) is 1.79. The summed E-state index contributed by atoms with van der Waals surface area (Å²) < 4.78 is 5.33. The van der Waals surface area contributed by atoms with Gasteiger partial charge in [0.2, 0.25) is 0 Å². The first-order valence-corrected chi connectivity index (χ1v) is 5.17. The van der Waals surface area contributed by atoms with Gasteiger partial charge in [-0.3, -0.25) is 0 Å². The molecule has 2 nitrogen and oxygen atoms in total. The van der Waals surface area contributed by atoms with Gasteiger partial charge in [-0.05, 0) is 55.6 Å². The molecular weight excluding hydrogens is 186 g/mol. The van der Waals surface area contributed by atoms with Crippen molar-refractivity contribution in [2.45, 2.75) is 19.3 Å². The van der Waals surface area contributed by atoms with E-state index in [2.05, 4.69) is 5.32 Å². The van der Waals surface area contributed by atoms with Gasteiger partial charge in [-0.1, -0.05) is 0 Å². The van der Waals surface area contributed by atoms with E-state index in [1.54, 1.807) is 0 Å². The summed E-state index contributed by atoms with van der Waals surface area (Å²) in [6.07, 6.45) is 3.53. The lowest BCUT2D eigenvalue weighted by Crippen LogP contribution is -2.28. The predicted octanol–water partition coefficient (Wildman–Crippen LogP) is 2.48. The lowest BCUT2D eigenvalue weighted by atomic mass is 9.94. The smallest absolute Gasteiger partial charge is 0.193 e. The Morgan fingerprint density at radius 3 is 2.77 bits per heavy atom. The largest absolute Gasteiger partial charge is 0.450 e. The van der Waals surface area contributed by atoms with Gasteiger partial charge < -0.3 is 9.73 Å². The Hall–Kier alpha value is -0.470. The van der Waals surface area contributed by atoms with Crippen LogP contribution < -0.4 is 5.32 Å². The fourth-order valence-corrected chi connectivity index (χ4v) is 1.99. The van der Waals surface area contributed by atoms with E-state index in [4.69, 9.17) is 16.0 Å². The number of halogens is 1. The Labute approximate surface area is 83.3 Å². The fourth-order valence-electron chi connectivity index (χ4n) is 1.83. The van der Waals surface area contributed by atoms with E-state index in [9.17, 15) is 0 Å². The van der Waals surface area contributed by atoms with Crippen LogP contribution in [0.2, 0.25) is 5.22 Å². The Bertz CT molecular complexity index is 266. The summed E-state index contributed by atoms with van der Waals surface area (Å²) in [6, 6.07) is 3.79. The molecule has 0 saturated carbocycles. The summed E-state index contributed by atoms with van der Waals surface area (Å²) in [7, 11) is 0. The van der Waals surface area contributed by atoms with Crippen LogP contribution in [-0.2, 0) is 6.42 Å². The highest BCUT2D eigenvalue weighted by molar-refractivity contribution is 6.28. The molecule has 13 heavy (non-hydrogen) atoms. The molecule has 1 saturated heterocycles. The molecule has 0 aromatic carbocycles. The molecule has 1 aromatic rings. The highest BCUT2D eigenvalue weighted by Gasteiger charge is 2.14. The van der Waals surface area contributed by atoms with E-state index in [-0.39, 0.29) is 0 Å². The third-order valence-corrected chi connectivity index (χ3v) is 2.78. The monoisotopic (exact) mass is 199 g/mol. The molecule has 0 atom stereocenters. The lowest BCUT2D eigenvalue weighted by molar-refractivity contribution is 0.347. The molecule has 2 heterocycles. The quantitative estimate of drug-likeness (QED) is 0.792. The molecule has 1 aliphatic rings. The SMILES string of the molecule is Clc1ccc(CC2CCNCC2)o1. The molecule has 0 spiro atoms. The number of rotatable bonds is 2. The zero-order valence-corrected chi connectivity index (χ0v) is 8.31. The molecule has 1 fully saturated rings. The number of piperidine rings is 1. The molecule has 2 rings (SSSR count). The minimum atomic E-state index is 0.504. The highest BCUT2D eigenvalue weighted by Crippen LogP contribution is 2.21. The first-order valence-electron chi connectivity index (χ1n) is 4.79. The number of nitrogens with one attached hydrogen (secondary N) is 1. The van der Waals surface area contributed by atoms with Gasteiger partial charge in [-0.2, -0.15) is 0 Å². The van der Waals surface area contributed by atoms with Gasteiger partial charge in [0.25, 0.3) is 0 Å². The van der Waals surface area contributed by atoms with Crippen molar-refractivity contribution >= 4 is 11.6 Å². The van der Waals surface area contributed by atoms with Crippen LogP contribution >= 0.6 is 11.6 Å². The Morgan fingerprint density at radius 2 is 2.15 bits per heavy atom. The third-order valence-electron chi connectivity index (χ3n) is 2.58. The van der Waals surface area contributed by atoms with Gasteiger partial charge in [0, 0.05) is 6.42 Å². The van der Waals surface area contributed by atoms with Crippen LogP contribution in [0.3, 0.4) is 0 Å². The van der Waals surface area contributed by atoms with Gasteiger partial charge in [-0.15, -0.1) is 0 Å². The number of hydrogen-bond donors (Lipinski definition) is 1. The van der Waals surface area contributed by atoms with Gasteiger partial charge in [-0.25, -0.2) is 0 Å². The average Bonchev–Trinajstić information content (AvgIpc) is 2.53. The van der Waals surface area contributed by atoms with Crippen LogP contribution in [0.1, 0.15) is 18.6 Å². The first kappa shape index (κ1) is 9.10. The van der Waals surface area contributed by atoms with Crippen molar-refractivity contribution in [3.8, 4) is 0 Å². The first-order chi connectivity index (χ1) is 6.34. The lowest BCUT2D eigenvalue weighted by Gasteiger charge is -2.21. The maximum Gasteiger partial charge on any atom is 0.193 e. The van der Waals surface area contributed by atoms with Crippen LogP contribution in [0.5, 0.6) is 0 Å². The summed E-state index contributed by atoms with van der Waals surface area (Å²) in [5, 5.41) is 3.85. The molecule has 3 heteroatoms. The molecular formula is C10H14ClNO. The maximum atomic E-state index is 5.70. The van der Waals surface area contributed by atoms with E-state index in [1.807, 2.05) is 12.1 Å². The molecule has 1 aliphatic heterocycles. The molecule has 0 amide bonds. The van der Waals surface area contributed by atoms with Crippen LogP contribution in [-0.4, -0.2) is 13.1 Å². The second-order valence-corrected chi connectivity index (χ2v) is 3.98. The average molecular weight is 200 g/mol. The van der Waals surface area contributed by atoms with Gasteiger partial charge in [0.05, 0.1) is 0 Å². The van der Waals surface area contributed by atoms with E-state index in [1.165, 1.54) is 12.8 Å². The molecule has 0 unspecified atom stereocenters. The summed E-state index contributed by atoms with van der Waals surface area (Å²) >= 11 is 5.70. The van der Waals surface area contributed by atoms with Gasteiger partial charge in [0.15, 0.2) is 5.22 Å². The fraction of sp³-hybridized carbons (Fsp3) is 0.600. The minimum Gasteiger partial charge on any atom is -0.450 e. The maximum absolute atomic E-state index is 5.70. The van der Waals surface area contributed by atoms with Crippen molar-refractivity contribution in [1.82, 2.24) is 5.32 Å². The van der Waals surface area contributed by atoms with Gasteiger partial charge in [0.1, 0.15) is 5.76 Å². The highest BCUT2D eigenvalue weighted by atomic mass is 35.5. The standard InChI is InChI=1S/C10H14ClNO/c11-10-2-1-9(13-10)7-8-3-5-12-6-4-8/h1-2,8,12H,3-7H2. The van der Waals surface area contributed by atoms with Crippen molar-refractivity contribution in [1.29, 1.82) is 0 Å². The van der Waals surface area contributed by atoms with Crippen molar-refractivity contribution in [2.24, 2.45) is 5.92 Å². The van der Waals surface area contributed by atoms with Crippen molar-refractivity contribution in [2.75, 3.05) is 13.1 Å². The molecule has 0 aliphatic carbocycles. The van der Waals surface area contributed by atoms with Crippen LogP contribution in [0.25, 0.3) is 0 Å². The zero-order chi connectivity index (χ0) is 9.10. The molecule has 1 N–H and O–H groups in total. The van der Waals surface area contributed by atoms with Crippen molar-refractivity contribution in [3.05, 3.63) is 23.1 Å². The van der Waals surface area contributed by atoms with Gasteiger partial charge >= 0.3 is 0 Å². The van der Waals surface area contributed by atoms with Crippen LogP contribution in [0.15, 0.2) is 16.5 Å². The topological polar surface area (TPSA) is 25.2 Å². The van der Waals surface area contributed by atoms with E-state index < -0.39 is 0 Å². The van der Waals surface area contributed by atoms with E-state index in [0.717, 1.165) is 31.2 Å². The molecule has 72 valence electrons. The summed E-state index contributed by atoms with van der Waals surface area (Å²) in [4.78, 5) is 0. The van der Waals surface area contributed by atoms with E-state index in [0.29, 0.717) is 5.22 Å². The second kappa shape index (κ2) is 4.16. The van der Waals surface area contributed by atoms with Crippen molar-refractivity contribution < 1.29 is 4.42 Å². The Kier molecular flexibility index (Phi) is 2.91.